The summed E-state index contributed by atoms with van der Waals surface area (Å²) in [4.78, 5) is 24.6. The van der Waals surface area contributed by atoms with Crippen LogP contribution < -0.4 is 5.73 Å². The minimum absolute atomic E-state index is 0.0747. The van der Waals surface area contributed by atoms with Gasteiger partial charge in [0.25, 0.3) is 0 Å². The highest BCUT2D eigenvalue weighted by atomic mass is 16.7. The third kappa shape index (κ3) is 10.4. The lowest BCUT2D eigenvalue weighted by molar-refractivity contribution is -0.308. The number of esters is 1. The van der Waals surface area contributed by atoms with Crippen LogP contribution in [0.4, 0.5) is 0 Å². The van der Waals surface area contributed by atoms with E-state index in [1.807, 2.05) is 19.1 Å². The van der Waals surface area contributed by atoms with Gasteiger partial charge in [0.05, 0.1) is 48.8 Å². The first-order valence-corrected chi connectivity index (χ1v) is 16.3. The lowest BCUT2D eigenvalue weighted by Crippen LogP contribution is -2.61. The van der Waals surface area contributed by atoms with Crippen LogP contribution in [-0.4, -0.2) is 122 Å². The summed E-state index contributed by atoms with van der Waals surface area (Å²) in [5.41, 5.74) is 5.98. The molecule has 4 rings (SSSR count). The predicted molar refractivity (Wildman–Crippen MR) is 170 cm³/mol. The van der Waals surface area contributed by atoms with Crippen LogP contribution in [0.1, 0.15) is 46.5 Å². The lowest BCUT2D eigenvalue weighted by Gasteiger charge is -2.45. The van der Waals surface area contributed by atoms with Gasteiger partial charge in [-0.2, -0.15) is 0 Å². The number of carbonyl (C=O) groups excluding carboxylic acids is 1. The van der Waals surface area contributed by atoms with Gasteiger partial charge in [-0.05, 0) is 19.9 Å². The Morgan fingerprint density at radius 2 is 1.54 bits per heavy atom. The number of fused-ring (bicyclic) bond motifs is 3. The van der Waals surface area contributed by atoms with Gasteiger partial charge in [-0.3, -0.25) is 4.79 Å². The van der Waals surface area contributed by atoms with Gasteiger partial charge in [-0.25, -0.2) is 4.79 Å². The van der Waals surface area contributed by atoms with Crippen molar-refractivity contribution < 1.29 is 63.9 Å². The maximum absolute atomic E-state index is 12.3. The van der Waals surface area contributed by atoms with Crippen LogP contribution in [0, 0.1) is 11.8 Å². The van der Waals surface area contributed by atoms with Crippen LogP contribution in [0.2, 0.25) is 0 Å². The number of hydrogen-bond acceptors (Lipinski definition) is 13. The van der Waals surface area contributed by atoms with Gasteiger partial charge < -0.3 is 60.1 Å². The highest BCUT2D eigenvalue weighted by molar-refractivity contribution is 5.82. The number of carboxylic acid groups (broad SMARTS) is 1. The summed E-state index contributed by atoms with van der Waals surface area (Å²) < 4.78 is 28.7. The number of allylic oxidation sites excluding steroid dienone is 6. The number of aliphatic hydroxyl groups is 5. The van der Waals surface area contributed by atoms with Crippen molar-refractivity contribution >= 4 is 11.9 Å². The molecule has 0 aromatic rings. The molecule has 2 unspecified atom stereocenters. The zero-order valence-electron chi connectivity index (χ0n) is 27.3. The molecular formula is C34H49NO13. The number of hydrogen-bond donors (Lipinski definition) is 7. The summed E-state index contributed by atoms with van der Waals surface area (Å²) in [7, 11) is 0. The number of aliphatic carboxylic acids is 1. The molecule has 2 bridgehead atoms. The van der Waals surface area contributed by atoms with Crippen LogP contribution in [0.15, 0.2) is 60.8 Å². The largest absolute Gasteiger partial charge is 0.481 e. The number of aliphatic hydroxyl groups excluding tert-OH is 4. The Morgan fingerprint density at radius 1 is 0.875 bits per heavy atom. The summed E-state index contributed by atoms with van der Waals surface area (Å²) in [6.45, 7) is 5.27. The van der Waals surface area contributed by atoms with Gasteiger partial charge in [-0.1, -0.05) is 55.5 Å². The molecule has 0 amide bonds. The molecule has 14 nitrogen and oxygen atoms in total. The number of nitrogens with two attached hydrogens (primary N) is 1. The van der Waals surface area contributed by atoms with Crippen molar-refractivity contribution in [3.05, 3.63) is 60.8 Å². The number of ether oxygens (including phenoxy) is 5. The molecule has 8 N–H and O–H groups in total. The summed E-state index contributed by atoms with van der Waals surface area (Å²) in [6.07, 6.45) is 4.79. The van der Waals surface area contributed by atoms with Crippen molar-refractivity contribution in [3.8, 4) is 0 Å². The van der Waals surface area contributed by atoms with Crippen LogP contribution in [0.3, 0.4) is 0 Å². The smallest absolute Gasteiger partial charge is 0.330 e. The van der Waals surface area contributed by atoms with Crippen molar-refractivity contribution in [1.29, 1.82) is 0 Å². The average Bonchev–Trinajstić information content (AvgIpc) is 3.74. The summed E-state index contributed by atoms with van der Waals surface area (Å²) in [6, 6.07) is -1.08. The molecule has 14 heteroatoms. The van der Waals surface area contributed by atoms with E-state index >= 15 is 0 Å². The van der Waals surface area contributed by atoms with E-state index in [-0.39, 0.29) is 25.2 Å². The lowest BCUT2D eigenvalue weighted by atomic mass is 9.83. The maximum atomic E-state index is 12.3. The van der Waals surface area contributed by atoms with Crippen molar-refractivity contribution in [2.75, 3.05) is 0 Å². The van der Waals surface area contributed by atoms with Crippen molar-refractivity contribution in [2.24, 2.45) is 17.6 Å². The molecule has 0 aromatic carbocycles. The normalized spacial score (nSPS) is 48.1. The van der Waals surface area contributed by atoms with E-state index in [0.29, 0.717) is 0 Å². The van der Waals surface area contributed by atoms with E-state index in [9.17, 15) is 40.2 Å². The third-order valence-electron chi connectivity index (χ3n) is 9.11. The SMILES string of the molecule is C[C@H]1/C=C/C=C/C=C/C=C/C(O[C@@H]2O[C@H](C)[C@@H](O)[C@H](N)[C@H]2O)C[C@@H]2O[C@](O)(CC(O)C[C@H]3O[C@@H]3/C=C/C(=O)O[C@@H]1C)C[C@H](O)[C@H]2C(=O)O. The molecule has 15 atom stereocenters. The molecule has 0 aliphatic carbocycles. The van der Waals surface area contributed by atoms with E-state index in [0.717, 1.165) is 0 Å². The molecule has 4 aliphatic heterocycles. The monoisotopic (exact) mass is 679 g/mol. The molecule has 0 radical (unpaired) electrons. The molecular weight excluding hydrogens is 630 g/mol. The molecule has 3 saturated heterocycles. The second-order valence-corrected chi connectivity index (χ2v) is 13.0. The average molecular weight is 680 g/mol. The Morgan fingerprint density at radius 3 is 2.23 bits per heavy atom. The third-order valence-corrected chi connectivity index (χ3v) is 9.11. The fourth-order valence-corrected chi connectivity index (χ4v) is 6.10. The van der Waals surface area contributed by atoms with E-state index in [1.165, 1.54) is 6.08 Å². The molecule has 268 valence electrons. The molecule has 0 saturated carbocycles. The van der Waals surface area contributed by atoms with E-state index < -0.39 is 103 Å². The molecule has 48 heavy (non-hydrogen) atoms. The minimum Gasteiger partial charge on any atom is -0.481 e. The van der Waals surface area contributed by atoms with Crippen LogP contribution >= 0.6 is 0 Å². The summed E-state index contributed by atoms with van der Waals surface area (Å²) in [5.74, 6) is -5.53. The Kier molecular flexibility index (Phi) is 13.3. The Labute approximate surface area is 279 Å². The van der Waals surface area contributed by atoms with Gasteiger partial charge in [0.15, 0.2) is 12.1 Å². The predicted octanol–water partition coefficient (Wildman–Crippen LogP) is 0.366. The van der Waals surface area contributed by atoms with Crippen LogP contribution in [-0.2, 0) is 33.3 Å². The van der Waals surface area contributed by atoms with Gasteiger partial charge in [0.2, 0.25) is 0 Å². The Bertz CT molecular complexity index is 1250. The first-order valence-electron chi connectivity index (χ1n) is 16.3. The second-order valence-electron chi connectivity index (χ2n) is 13.0. The van der Waals surface area contributed by atoms with Gasteiger partial charge in [0, 0.05) is 37.7 Å². The van der Waals surface area contributed by atoms with E-state index in [4.69, 9.17) is 29.4 Å². The van der Waals surface area contributed by atoms with Crippen molar-refractivity contribution in [1.82, 2.24) is 0 Å². The fraction of sp³-hybridized carbons (Fsp3) is 0.647. The van der Waals surface area contributed by atoms with Crippen molar-refractivity contribution in [3.63, 3.8) is 0 Å². The number of rotatable bonds is 3. The van der Waals surface area contributed by atoms with Crippen LogP contribution in [0.5, 0.6) is 0 Å². The first-order chi connectivity index (χ1) is 22.7. The van der Waals surface area contributed by atoms with Crippen LogP contribution in [0.25, 0.3) is 0 Å². The molecule has 0 aromatic heterocycles. The number of epoxide rings is 1. The minimum atomic E-state index is -2.10. The Hall–Kier alpha value is -2.76. The number of cyclic esters (lactones) is 1. The number of carbonyl (C=O) groups is 2. The maximum Gasteiger partial charge on any atom is 0.330 e. The van der Waals surface area contributed by atoms with Gasteiger partial charge in [0.1, 0.15) is 24.2 Å². The molecule has 0 spiro atoms. The van der Waals surface area contributed by atoms with E-state index in [1.54, 1.807) is 56.4 Å². The van der Waals surface area contributed by atoms with E-state index in [2.05, 4.69) is 0 Å². The standard InChI is InChI=1S/C34H49NO13/c1-18-10-8-6-4-5-7-9-11-22(46-33-31(40)29(35)30(39)20(3)45-33)15-26-28(32(41)42)23(37)17-34(43,48-26)16-21(36)14-25-24(47-25)12-13-27(38)44-19(18)2/h4-13,18-26,28-31,33,36-37,39-40,43H,14-17,35H2,1-3H3,(H,41,42)/b6-4+,7-5+,10-8+,11-9+,13-12+/t18-,19+,20+,21?,22?,23-,24+,25+,26-,28+,29-,30+,31+,33-,34+/m0/s1. The zero-order valence-corrected chi connectivity index (χ0v) is 27.3. The zero-order chi connectivity index (χ0) is 35.2. The highest BCUT2D eigenvalue weighted by Gasteiger charge is 2.51. The molecule has 4 heterocycles. The number of carboxylic acids is 1. The van der Waals surface area contributed by atoms with Crippen molar-refractivity contribution in [2.45, 2.75) is 126 Å². The fourth-order valence-electron chi connectivity index (χ4n) is 6.10. The summed E-state index contributed by atoms with van der Waals surface area (Å²) >= 11 is 0. The molecule has 3 fully saturated rings. The van der Waals surface area contributed by atoms with Gasteiger partial charge in [-0.15, -0.1) is 0 Å². The second kappa shape index (κ2) is 16.8. The highest BCUT2D eigenvalue weighted by Crippen LogP contribution is 2.39. The summed E-state index contributed by atoms with van der Waals surface area (Å²) in [5, 5.41) is 64.1. The first kappa shape index (κ1) is 38.0. The van der Waals surface area contributed by atoms with Gasteiger partial charge >= 0.3 is 11.9 Å². The quantitative estimate of drug-likeness (QED) is 0.158. The molecule has 4 aliphatic rings. The Balaban J connectivity index is 1.60. The topological polar surface area (TPSA) is 231 Å².